The number of carbonyl (C=O) groups excluding carboxylic acids is 1. The van der Waals surface area contributed by atoms with Crippen LogP contribution in [0.5, 0.6) is 0 Å². The van der Waals surface area contributed by atoms with Crippen molar-refractivity contribution in [2.45, 2.75) is 6.54 Å². The molecular formula is C8H9N5OS. The normalized spacial score (nSPS) is 10.1. The fourth-order valence-electron chi connectivity index (χ4n) is 1.06. The average molecular weight is 223 g/mol. The number of nitrogens with one attached hydrogen (secondary N) is 2. The molecular weight excluding hydrogens is 214 g/mol. The highest BCUT2D eigenvalue weighted by molar-refractivity contribution is 7.12. The number of carbonyl (C=O) groups is 1. The predicted octanol–water partition coefficient (Wildman–Crippen LogP) is 0.378. The highest BCUT2D eigenvalue weighted by Crippen LogP contribution is 2.18. The lowest BCUT2D eigenvalue weighted by Crippen LogP contribution is -2.23. The molecule has 0 aromatic carbocycles. The third-order valence-corrected chi connectivity index (χ3v) is 2.71. The van der Waals surface area contributed by atoms with E-state index in [1.807, 2.05) is 0 Å². The van der Waals surface area contributed by atoms with Gasteiger partial charge in [-0.3, -0.25) is 9.89 Å². The minimum atomic E-state index is -0.195. The molecule has 0 radical (unpaired) electrons. The van der Waals surface area contributed by atoms with Crippen LogP contribution < -0.4 is 11.1 Å². The van der Waals surface area contributed by atoms with E-state index < -0.39 is 0 Å². The Labute approximate surface area is 89.5 Å². The smallest absolute Gasteiger partial charge is 0.263 e. The summed E-state index contributed by atoms with van der Waals surface area (Å²) in [4.78, 5) is 16.0. The summed E-state index contributed by atoms with van der Waals surface area (Å²) in [5.41, 5.74) is 6.10. The van der Waals surface area contributed by atoms with E-state index in [-0.39, 0.29) is 5.91 Å². The van der Waals surface area contributed by atoms with Crippen molar-refractivity contribution in [3.8, 4) is 0 Å². The van der Waals surface area contributed by atoms with Gasteiger partial charge in [0.15, 0.2) is 0 Å². The van der Waals surface area contributed by atoms with E-state index in [1.54, 1.807) is 11.4 Å². The number of thiophene rings is 1. The molecule has 0 aliphatic rings. The molecule has 6 nitrogen and oxygen atoms in total. The molecule has 0 saturated heterocycles. The zero-order chi connectivity index (χ0) is 10.7. The van der Waals surface area contributed by atoms with E-state index >= 15 is 0 Å². The van der Waals surface area contributed by atoms with Crippen LogP contribution in [0.4, 0.5) is 5.69 Å². The monoisotopic (exact) mass is 223 g/mol. The van der Waals surface area contributed by atoms with Crippen LogP contribution in [-0.4, -0.2) is 21.1 Å². The second-order valence-electron chi connectivity index (χ2n) is 2.82. The van der Waals surface area contributed by atoms with E-state index in [2.05, 4.69) is 20.5 Å². The van der Waals surface area contributed by atoms with Crippen LogP contribution in [-0.2, 0) is 6.54 Å². The lowest BCUT2D eigenvalue weighted by Gasteiger charge is -2.01. The Bertz CT molecular complexity index is 449. The first-order valence-corrected chi connectivity index (χ1v) is 5.11. The van der Waals surface area contributed by atoms with Gasteiger partial charge in [0.25, 0.3) is 5.91 Å². The lowest BCUT2D eigenvalue weighted by atomic mass is 10.4. The Morgan fingerprint density at radius 1 is 1.67 bits per heavy atom. The fraction of sp³-hybridized carbons (Fsp3) is 0.125. The number of aromatic nitrogens is 3. The van der Waals surface area contributed by atoms with Gasteiger partial charge in [-0.25, -0.2) is 4.98 Å². The molecule has 0 aliphatic heterocycles. The summed E-state index contributed by atoms with van der Waals surface area (Å²) in [5, 5.41) is 10.8. The molecule has 2 aromatic rings. The van der Waals surface area contributed by atoms with E-state index in [0.717, 1.165) is 0 Å². The van der Waals surface area contributed by atoms with Crippen molar-refractivity contribution < 1.29 is 4.79 Å². The Kier molecular flexibility index (Phi) is 2.64. The minimum Gasteiger partial charge on any atom is -0.397 e. The molecule has 4 N–H and O–H groups in total. The number of hydrogen-bond donors (Lipinski definition) is 3. The summed E-state index contributed by atoms with van der Waals surface area (Å²) in [6, 6.07) is 1.70. The Balaban J connectivity index is 1.96. The minimum absolute atomic E-state index is 0.195. The molecule has 0 unspecified atom stereocenters. The van der Waals surface area contributed by atoms with Crippen molar-refractivity contribution in [3.05, 3.63) is 28.5 Å². The van der Waals surface area contributed by atoms with Gasteiger partial charge in [-0.05, 0) is 11.4 Å². The highest BCUT2D eigenvalue weighted by Gasteiger charge is 2.10. The van der Waals surface area contributed by atoms with Crippen molar-refractivity contribution in [2.75, 3.05) is 5.73 Å². The summed E-state index contributed by atoms with van der Waals surface area (Å²) >= 11 is 1.31. The van der Waals surface area contributed by atoms with Crippen LogP contribution in [0.1, 0.15) is 15.5 Å². The Hall–Kier alpha value is -1.89. The van der Waals surface area contributed by atoms with Crippen LogP contribution >= 0.6 is 11.3 Å². The van der Waals surface area contributed by atoms with Crippen LogP contribution in [0.3, 0.4) is 0 Å². The lowest BCUT2D eigenvalue weighted by molar-refractivity contribution is 0.0955. The molecule has 0 aliphatic carbocycles. The summed E-state index contributed by atoms with van der Waals surface area (Å²) in [7, 11) is 0. The molecule has 7 heteroatoms. The second kappa shape index (κ2) is 4.09. The predicted molar refractivity (Wildman–Crippen MR) is 56.3 cm³/mol. The molecule has 78 valence electrons. The summed E-state index contributed by atoms with van der Waals surface area (Å²) < 4.78 is 0. The van der Waals surface area contributed by atoms with Crippen LogP contribution in [0.15, 0.2) is 17.8 Å². The molecule has 0 atom stereocenters. The third kappa shape index (κ3) is 2.13. The first-order valence-electron chi connectivity index (χ1n) is 4.23. The molecule has 2 rings (SSSR count). The molecule has 0 fully saturated rings. The molecule has 2 aromatic heterocycles. The molecule has 0 spiro atoms. The van der Waals surface area contributed by atoms with Crippen LogP contribution in [0, 0.1) is 0 Å². The molecule has 0 saturated carbocycles. The molecule has 1 amide bonds. The van der Waals surface area contributed by atoms with Gasteiger partial charge in [0.05, 0.1) is 12.2 Å². The zero-order valence-corrected chi connectivity index (χ0v) is 8.54. The summed E-state index contributed by atoms with van der Waals surface area (Å²) in [6.07, 6.45) is 1.39. The van der Waals surface area contributed by atoms with Crippen LogP contribution in [0.25, 0.3) is 0 Å². The van der Waals surface area contributed by atoms with Gasteiger partial charge in [-0.15, -0.1) is 11.3 Å². The van der Waals surface area contributed by atoms with Crippen molar-refractivity contribution >= 4 is 22.9 Å². The summed E-state index contributed by atoms with van der Waals surface area (Å²) in [5.74, 6) is 0.414. The number of aromatic amines is 1. The number of nitrogens with zero attached hydrogens (tertiary/aromatic N) is 2. The van der Waals surface area contributed by atoms with Crippen molar-refractivity contribution in [1.82, 2.24) is 20.5 Å². The van der Waals surface area contributed by atoms with E-state index in [0.29, 0.717) is 22.9 Å². The quantitative estimate of drug-likeness (QED) is 0.700. The van der Waals surface area contributed by atoms with Crippen molar-refractivity contribution in [2.24, 2.45) is 0 Å². The maximum absolute atomic E-state index is 11.6. The number of nitrogens with two attached hydrogens (primary N) is 1. The second-order valence-corrected chi connectivity index (χ2v) is 3.74. The SMILES string of the molecule is Nc1ccsc1C(=O)NCc1ncn[nH]1. The van der Waals surface area contributed by atoms with E-state index in [9.17, 15) is 4.79 Å². The van der Waals surface area contributed by atoms with Gasteiger partial charge < -0.3 is 11.1 Å². The van der Waals surface area contributed by atoms with E-state index in [4.69, 9.17) is 5.73 Å². The first kappa shape index (κ1) is 9.66. The van der Waals surface area contributed by atoms with Gasteiger partial charge in [-0.2, -0.15) is 5.10 Å². The van der Waals surface area contributed by atoms with Crippen molar-refractivity contribution in [3.63, 3.8) is 0 Å². The number of anilines is 1. The topological polar surface area (TPSA) is 96.7 Å². The van der Waals surface area contributed by atoms with Gasteiger partial charge in [-0.1, -0.05) is 0 Å². The number of H-pyrrole nitrogens is 1. The molecule has 2 heterocycles. The number of rotatable bonds is 3. The Morgan fingerprint density at radius 2 is 2.53 bits per heavy atom. The average Bonchev–Trinajstić information content (AvgIpc) is 2.84. The fourth-order valence-corrected chi connectivity index (χ4v) is 1.80. The maximum atomic E-state index is 11.6. The Morgan fingerprint density at radius 3 is 3.13 bits per heavy atom. The van der Waals surface area contributed by atoms with Gasteiger partial charge in [0.1, 0.15) is 17.0 Å². The largest absolute Gasteiger partial charge is 0.397 e. The highest BCUT2D eigenvalue weighted by atomic mass is 32.1. The standard InChI is InChI=1S/C8H9N5OS/c9-5-1-2-15-7(5)8(14)10-3-6-11-4-12-13-6/h1-2,4H,3,9H2,(H,10,14)(H,11,12,13). The molecule has 15 heavy (non-hydrogen) atoms. The van der Waals surface area contributed by atoms with Crippen LogP contribution in [0.2, 0.25) is 0 Å². The van der Waals surface area contributed by atoms with Gasteiger partial charge >= 0.3 is 0 Å². The number of hydrogen-bond acceptors (Lipinski definition) is 5. The first-order chi connectivity index (χ1) is 7.27. The van der Waals surface area contributed by atoms with Gasteiger partial charge in [0, 0.05) is 0 Å². The molecule has 0 bridgehead atoms. The van der Waals surface area contributed by atoms with Crippen molar-refractivity contribution in [1.29, 1.82) is 0 Å². The number of nitrogen functional groups attached to an aromatic ring is 1. The van der Waals surface area contributed by atoms with E-state index in [1.165, 1.54) is 17.7 Å². The number of amides is 1. The third-order valence-electron chi connectivity index (χ3n) is 1.78. The van der Waals surface area contributed by atoms with Gasteiger partial charge in [0.2, 0.25) is 0 Å². The summed E-state index contributed by atoms with van der Waals surface area (Å²) in [6.45, 7) is 0.316. The maximum Gasteiger partial charge on any atom is 0.263 e. The zero-order valence-electron chi connectivity index (χ0n) is 7.73.